The third kappa shape index (κ3) is 4.98. The number of hydrogen-bond donors (Lipinski definition) is 2. The Morgan fingerprint density at radius 2 is 2.04 bits per heavy atom. The summed E-state index contributed by atoms with van der Waals surface area (Å²) in [7, 11) is 1.81. The molecule has 5 heteroatoms. The van der Waals surface area contributed by atoms with E-state index >= 15 is 0 Å². The van der Waals surface area contributed by atoms with Gasteiger partial charge in [0.2, 0.25) is 5.88 Å². The molecule has 1 saturated carbocycles. The van der Waals surface area contributed by atoms with Gasteiger partial charge in [0, 0.05) is 31.9 Å². The van der Waals surface area contributed by atoms with E-state index in [9.17, 15) is 0 Å². The molecule has 0 unspecified atom stereocenters. The van der Waals surface area contributed by atoms with Gasteiger partial charge in [-0.15, -0.1) is 0 Å². The first kappa shape index (κ1) is 16.8. The summed E-state index contributed by atoms with van der Waals surface area (Å²) in [6.45, 7) is 0.712. The monoisotopic (exact) mass is 328 g/mol. The van der Waals surface area contributed by atoms with Crippen molar-refractivity contribution in [1.29, 1.82) is 0 Å². The van der Waals surface area contributed by atoms with Gasteiger partial charge in [-0.2, -0.15) is 0 Å². The van der Waals surface area contributed by atoms with Gasteiger partial charge in [-0.05, 0) is 50.2 Å². The number of guanidine groups is 1. The molecule has 24 heavy (non-hydrogen) atoms. The first-order valence-electron chi connectivity index (χ1n) is 9.07. The third-order valence-corrected chi connectivity index (χ3v) is 4.67. The Morgan fingerprint density at radius 1 is 1.25 bits per heavy atom. The van der Waals surface area contributed by atoms with Crippen molar-refractivity contribution in [3.8, 4) is 5.88 Å². The number of rotatable bonds is 5. The van der Waals surface area contributed by atoms with E-state index < -0.39 is 0 Å². The normalized spacial score (nSPS) is 19.5. The van der Waals surface area contributed by atoms with E-state index in [4.69, 9.17) is 4.74 Å². The van der Waals surface area contributed by atoms with Crippen molar-refractivity contribution in [3.05, 3.63) is 36.0 Å². The van der Waals surface area contributed by atoms with E-state index in [1.165, 1.54) is 19.3 Å². The van der Waals surface area contributed by atoms with Crippen molar-refractivity contribution in [2.45, 2.75) is 63.6 Å². The van der Waals surface area contributed by atoms with Gasteiger partial charge >= 0.3 is 0 Å². The maximum atomic E-state index is 6.04. The van der Waals surface area contributed by atoms with Crippen LogP contribution >= 0.6 is 0 Å². The zero-order valence-electron chi connectivity index (χ0n) is 14.5. The summed E-state index contributed by atoms with van der Waals surface area (Å²) in [4.78, 5) is 8.66. The molecule has 2 N–H and O–H groups in total. The number of hydrogen-bond acceptors (Lipinski definition) is 3. The number of nitrogens with one attached hydrogen (secondary N) is 2. The van der Waals surface area contributed by atoms with E-state index in [0.29, 0.717) is 18.7 Å². The maximum Gasteiger partial charge on any atom is 0.213 e. The lowest BCUT2D eigenvalue weighted by molar-refractivity contribution is 0.148. The van der Waals surface area contributed by atoms with Crippen LogP contribution < -0.4 is 15.4 Å². The number of pyridine rings is 1. The summed E-state index contributed by atoms with van der Waals surface area (Å²) in [6, 6.07) is 4.51. The molecule has 0 aromatic carbocycles. The summed E-state index contributed by atoms with van der Waals surface area (Å²) in [6.07, 6.45) is 14.9. The van der Waals surface area contributed by atoms with Crippen LogP contribution in [0.25, 0.3) is 0 Å². The fraction of sp³-hybridized carbons (Fsp3) is 0.579. The van der Waals surface area contributed by atoms with Gasteiger partial charge in [0.05, 0.1) is 0 Å². The van der Waals surface area contributed by atoms with Crippen LogP contribution in [0.5, 0.6) is 5.88 Å². The van der Waals surface area contributed by atoms with Crippen molar-refractivity contribution in [2.24, 2.45) is 4.99 Å². The molecule has 3 rings (SSSR count). The highest BCUT2D eigenvalue weighted by Gasteiger charge is 2.15. The highest BCUT2D eigenvalue weighted by atomic mass is 16.5. The van der Waals surface area contributed by atoms with Crippen molar-refractivity contribution in [1.82, 2.24) is 15.6 Å². The smallest absolute Gasteiger partial charge is 0.213 e. The van der Waals surface area contributed by atoms with Crippen molar-refractivity contribution < 1.29 is 4.74 Å². The minimum atomic E-state index is 0.332. The first-order chi connectivity index (χ1) is 11.8. The van der Waals surface area contributed by atoms with Gasteiger partial charge in [0.1, 0.15) is 6.10 Å². The van der Waals surface area contributed by atoms with Crippen LogP contribution in [0.2, 0.25) is 0 Å². The third-order valence-electron chi connectivity index (χ3n) is 4.67. The second kappa shape index (κ2) is 8.71. The largest absolute Gasteiger partial charge is 0.474 e. The van der Waals surface area contributed by atoms with E-state index in [1.807, 2.05) is 25.4 Å². The average molecular weight is 328 g/mol. The molecule has 0 atom stereocenters. The first-order valence-corrected chi connectivity index (χ1v) is 9.07. The molecule has 1 aromatic heterocycles. The predicted octanol–water partition coefficient (Wildman–Crippen LogP) is 3.18. The molecule has 2 aliphatic rings. The van der Waals surface area contributed by atoms with Crippen LogP contribution in [0.15, 0.2) is 35.5 Å². The lowest BCUT2D eigenvalue weighted by Gasteiger charge is -2.22. The molecule has 0 spiro atoms. The van der Waals surface area contributed by atoms with E-state index in [-0.39, 0.29) is 0 Å². The van der Waals surface area contributed by atoms with Crippen molar-refractivity contribution in [3.63, 3.8) is 0 Å². The van der Waals surface area contributed by atoms with E-state index in [2.05, 4.69) is 32.8 Å². The van der Waals surface area contributed by atoms with E-state index in [0.717, 1.165) is 43.1 Å². The van der Waals surface area contributed by atoms with Crippen molar-refractivity contribution >= 4 is 5.96 Å². The maximum absolute atomic E-state index is 6.04. The fourth-order valence-electron chi connectivity index (χ4n) is 3.29. The second-order valence-electron chi connectivity index (χ2n) is 6.59. The minimum absolute atomic E-state index is 0.332. The standard InChI is InChI=1S/C19H28N4O/c1-20-19(23-16-7-5-6-8-16)22-14-15-11-12-21-18(13-15)24-17-9-3-2-4-10-17/h5-6,11-13,16-17H,2-4,7-10,14H2,1H3,(H2,20,22,23). The Labute approximate surface area is 144 Å². The Bertz CT molecular complexity index is 570. The van der Waals surface area contributed by atoms with Crippen molar-refractivity contribution in [2.75, 3.05) is 7.05 Å². The second-order valence-corrected chi connectivity index (χ2v) is 6.59. The van der Waals surface area contributed by atoms with Crippen LogP contribution in [0.3, 0.4) is 0 Å². The van der Waals surface area contributed by atoms with Crippen LogP contribution in [0.4, 0.5) is 0 Å². The highest BCUT2D eigenvalue weighted by Crippen LogP contribution is 2.22. The molecule has 0 aliphatic heterocycles. The quantitative estimate of drug-likeness (QED) is 0.495. The number of aromatic nitrogens is 1. The summed E-state index contributed by atoms with van der Waals surface area (Å²) in [5.74, 6) is 1.58. The molecule has 130 valence electrons. The van der Waals surface area contributed by atoms with Gasteiger partial charge in [-0.1, -0.05) is 18.6 Å². The summed E-state index contributed by atoms with van der Waals surface area (Å²) in [5, 5.41) is 6.82. The fourth-order valence-corrected chi connectivity index (χ4v) is 3.29. The lowest BCUT2D eigenvalue weighted by Crippen LogP contribution is -2.42. The summed E-state index contributed by atoms with van der Waals surface area (Å²) in [5.41, 5.74) is 1.16. The molecule has 5 nitrogen and oxygen atoms in total. The molecule has 1 heterocycles. The van der Waals surface area contributed by atoms with Gasteiger partial charge < -0.3 is 15.4 Å². The molecule has 0 saturated heterocycles. The number of ether oxygens (including phenoxy) is 1. The molecular weight excluding hydrogens is 300 g/mol. The summed E-state index contributed by atoms with van der Waals surface area (Å²) < 4.78 is 6.04. The van der Waals surface area contributed by atoms with Crippen LogP contribution in [-0.4, -0.2) is 30.1 Å². The minimum Gasteiger partial charge on any atom is -0.474 e. The van der Waals surface area contributed by atoms with E-state index in [1.54, 1.807) is 0 Å². The van der Waals surface area contributed by atoms with Crippen LogP contribution in [-0.2, 0) is 6.54 Å². The van der Waals surface area contributed by atoms with Gasteiger partial charge in [-0.25, -0.2) is 4.98 Å². The Balaban J connectivity index is 1.49. The van der Waals surface area contributed by atoms with Gasteiger partial charge in [0.15, 0.2) is 5.96 Å². The Kier molecular flexibility index (Phi) is 6.10. The molecule has 0 bridgehead atoms. The molecule has 1 aromatic rings. The molecule has 0 amide bonds. The SMILES string of the molecule is CN=C(NCc1ccnc(OC2CCCCC2)c1)NC1CC=CC1. The molecule has 2 aliphatic carbocycles. The topological polar surface area (TPSA) is 58.5 Å². The average Bonchev–Trinajstić information content (AvgIpc) is 3.13. The number of nitrogens with zero attached hydrogens (tertiary/aromatic N) is 2. The Hall–Kier alpha value is -2.04. The zero-order chi connectivity index (χ0) is 16.6. The van der Waals surface area contributed by atoms with Crippen LogP contribution in [0.1, 0.15) is 50.5 Å². The molecule has 1 fully saturated rings. The predicted molar refractivity (Wildman–Crippen MR) is 97.2 cm³/mol. The van der Waals surface area contributed by atoms with Crippen LogP contribution in [0, 0.1) is 0 Å². The Morgan fingerprint density at radius 3 is 2.79 bits per heavy atom. The number of aliphatic imine (C=N–C) groups is 1. The molecular formula is C19H28N4O. The lowest BCUT2D eigenvalue weighted by atomic mass is 9.98. The zero-order valence-corrected chi connectivity index (χ0v) is 14.5. The molecule has 0 radical (unpaired) electrons. The highest BCUT2D eigenvalue weighted by molar-refractivity contribution is 5.80. The summed E-state index contributed by atoms with van der Waals surface area (Å²) >= 11 is 0. The van der Waals surface area contributed by atoms with Gasteiger partial charge in [-0.3, -0.25) is 4.99 Å². The van der Waals surface area contributed by atoms with Gasteiger partial charge in [0.25, 0.3) is 0 Å².